The molecule has 0 bridgehead atoms. The highest BCUT2D eigenvalue weighted by Crippen LogP contribution is 2.26. The Bertz CT molecular complexity index is 542. The average molecular weight is 286 g/mol. The van der Waals surface area contributed by atoms with E-state index in [0.717, 1.165) is 6.07 Å². The van der Waals surface area contributed by atoms with E-state index in [1.54, 1.807) is 14.0 Å². The predicted octanol–water partition coefficient (Wildman–Crippen LogP) is 1.83. The summed E-state index contributed by atoms with van der Waals surface area (Å²) in [6, 6.07) is 0.963. The molecule has 1 atom stereocenters. The Labute approximate surface area is 115 Å². The van der Waals surface area contributed by atoms with Gasteiger partial charge in [-0.2, -0.15) is 0 Å². The molecule has 0 spiro atoms. The van der Waals surface area contributed by atoms with E-state index in [-0.39, 0.29) is 24.3 Å². The van der Waals surface area contributed by atoms with Gasteiger partial charge in [0, 0.05) is 25.2 Å². The first kappa shape index (κ1) is 14.5. The summed E-state index contributed by atoms with van der Waals surface area (Å²) in [5.74, 6) is -1.36. The van der Waals surface area contributed by atoms with Crippen molar-refractivity contribution in [1.29, 1.82) is 0 Å². The number of rotatable bonds is 2. The molecule has 1 saturated heterocycles. The molecule has 1 unspecified atom stereocenters. The van der Waals surface area contributed by atoms with E-state index in [9.17, 15) is 18.4 Å². The van der Waals surface area contributed by atoms with Crippen LogP contribution in [0.3, 0.4) is 0 Å². The van der Waals surface area contributed by atoms with E-state index >= 15 is 0 Å². The summed E-state index contributed by atoms with van der Waals surface area (Å²) >= 11 is 0. The molecule has 0 N–H and O–H groups in total. The van der Waals surface area contributed by atoms with Crippen LogP contribution in [0.15, 0.2) is 10.5 Å². The average Bonchev–Trinajstić information content (AvgIpc) is 2.75. The minimum absolute atomic E-state index is 0.0688. The first-order valence-corrected chi connectivity index (χ1v) is 6.24. The molecule has 1 aliphatic rings. The number of carbonyl (C=O) groups is 2. The third-order valence-corrected chi connectivity index (χ3v) is 3.41. The van der Waals surface area contributed by atoms with Crippen molar-refractivity contribution in [3.63, 3.8) is 0 Å². The standard InChI is InChI=1S/C13H16F2N2O3/c1-7-4-9(12(14)15)20-11(7)13(19)17-6-10(18)16(3)5-8(17)2/h4,8,12H,5-6H2,1-3H3. The molecule has 110 valence electrons. The van der Waals surface area contributed by atoms with Crippen LogP contribution in [0.2, 0.25) is 0 Å². The van der Waals surface area contributed by atoms with Crippen molar-refractivity contribution in [2.45, 2.75) is 26.3 Å². The van der Waals surface area contributed by atoms with Gasteiger partial charge in [0.25, 0.3) is 12.3 Å². The van der Waals surface area contributed by atoms with Crippen molar-refractivity contribution in [2.24, 2.45) is 0 Å². The number of likely N-dealkylation sites (N-methyl/N-ethyl adjacent to an activating group) is 1. The Morgan fingerprint density at radius 3 is 2.70 bits per heavy atom. The molecule has 7 heteroatoms. The zero-order valence-electron chi connectivity index (χ0n) is 11.5. The van der Waals surface area contributed by atoms with Gasteiger partial charge < -0.3 is 14.2 Å². The molecular formula is C13H16F2N2O3. The second-order valence-electron chi connectivity index (χ2n) is 5.02. The second kappa shape index (κ2) is 5.22. The topological polar surface area (TPSA) is 53.8 Å². The fourth-order valence-corrected chi connectivity index (χ4v) is 2.25. The number of hydrogen-bond donors (Lipinski definition) is 0. The minimum Gasteiger partial charge on any atom is -0.450 e. The number of halogens is 2. The third kappa shape index (κ3) is 2.52. The molecule has 20 heavy (non-hydrogen) atoms. The first-order valence-electron chi connectivity index (χ1n) is 6.24. The lowest BCUT2D eigenvalue weighted by atomic mass is 10.1. The zero-order valence-corrected chi connectivity index (χ0v) is 11.5. The van der Waals surface area contributed by atoms with Gasteiger partial charge in [-0.1, -0.05) is 0 Å². The van der Waals surface area contributed by atoms with Crippen LogP contribution in [-0.4, -0.2) is 47.8 Å². The molecule has 1 fully saturated rings. The number of piperazine rings is 1. The molecule has 0 aliphatic carbocycles. The summed E-state index contributed by atoms with van der Waals surface area (Å²) in [5, 5.41) is 0. The van der Waals surface area contributed by atoms with Crippen LogP contribution in [0.25, 0.3) is 0 Å². The highest BCUT2D eigenvalue weighted by atomic mass is 19.3. The fourth-order valence-electron chi connectivity index (χ4n) is 2.25. The molecule has 1 aromatic heterocycles. The van der Waals surface area contributed by atoms with Gasteiger partial charge in [-0.25, -0.2) is 8.78 Å². The summed E-state index contributed by atoms with van der Waals surface area (Å²) in [6.07, 6.45) is -2.76. The normalized spacial score (nSPS) is 19.9. The van der Waals surface area contributed by atoms with Crippen molar-refractivity contribution in [2.75, 3.05) is 20.1 Å². The van der Waals surface area contributed by atoms with E-state index in [1.807, 2.05) is 0 Å². The van der Waals surface area contributed by atoms with E-state index in [0.29, 0.717) is 12.1 Å². The van der Waals surface area contributed by atoms with Gasteiger partial charge in [-0.15, -0.1) is 0 Å². The van der Waals surface area contributed by atoms with Crippen LogP contribution < -0.4 is 0 Å². The number of alkyl halides is 2. The maximum atomic E-state index is 12.6. The van der Waals surface area contributed by atoms with Crippen LogP contribution >= 0.6 is 0 Å². The molecular weight excluding hydrogens is 270 g/mol. The lowest BCUT2D eigenvalue weighted by molar-refractivity contribution is -0.135. The molecule has 5 nitrogen and oxygen atoms in total. The van der Waals surface area contributed by atoms with E-state index in [4.69, 9.17) is 4.42 Å². The smallest absolute Gasteiger partial charge is 0.295 e. The highest BCUT2D eigenvalue weighted by molar-refractivity contribution is 5.96. The van der Waals surface area contributed by atoms with Crippen molar-refractivity contribution >= 4 is 11.8 Å². The quantitative estimate of drug-likeness (QED) is 0.833. The molecule has 2 rings (SSSR count). The lowest BCUT2D eigenvalue weighted by Gasteiger charge is -2.37. The largest absolute Gasteiger partial charge is 0.450 e. The van der Waals surface area contributed by atoms with Crippen molar-refractivity contribution < 1.29 is 22.8 Å². The molecule has 0 aromatic carbocycles. The molecule has 1 aliphatic heterocycles. The van der Waals surface area contributed by atoms with Crippen LogP contribution in [0.1, 0.15) is 35.2 Å². The first-order chi connectivity index (χ1) is 9.31. The SMILES string of the molecule is Cc1cc(C(F)F)oc1C(=O)N1CC(=O)N(C)CC1C. The van der Waals surface area contributed by atoms with Gasteiger partial charge in [0.15, 0.2) is 11.5 Å². The van der Waals surface area contributed by atoms with E-state index in [2.05, 4.69) is 0 Å². The Balaban J connectivity index is 2.25. The predicted molar refractivity (Wildman–Crippen MR) is 66.5 cm³/mol. The molecule has 1 aromatic rings. The van der Waals surface area contributed by atoms with Crippen molar-refractivity contribution in [1.82, 2.24) is 9.80 Å². The van der Waals surface area contributed by atoms with Crippen LogP contribution in [0.4, 0.5) is 8.78 Å². The van der Waals surface area contributed by atoms with Gasteiger partial charge in [-0.05, 0) is 19.9 Å². The zero-order chi connectivity index (χ0) is 15.0. The van der Waals surface area contributed by atoms with Crippen molar-refractivity contribution in [3.8, 4) is 0 Å². The number of hydrogen-bond acceptors (Lipinski definition) is 3. The maximum Gasteiger partial charge on any atom is 0.295 e. The molecule has 0 saturated carbocycles. The monoisotopic (exact) mass is 286 g/mol. The van der Waals surface area contributed by atoms with Crippen LogP contribution in [0, 0.1) is 6.92 Å². The van der Waals surface area contributed by atoms with Gasteiger partial charge >= 0.3 is 0 Å². The number of aryl methyl sites for hydroxylation is 1. The van der Waals surface area contributed by atoms with Gasteiger partial charge in [0.1, 0.15) is 6.54 Å². The number of carbonyl (C=O) groups excluding carboxylic acids is 2. The van der Waals surface area contributed by atoms with Crippen molar-refractivity contribution in [3.05, 3.63) is 23.2 Å². The highest BCUT2D eigenvalue weighted by Gasteiger charge is 2.33. The second-order valence-corrected chi connectivity index (χ2v) is 5.02. The molecule has 2 heterocycles. The summed E-state index contributed by atoms with van der Waals surface area (Å²) in [6.45, 7) is 3.67. The Hall–Kier alpha value is -1.92. The molecule has 0 radical (unpaired) electrons. The maximum absolute atomic E-state index is 12.6. The fraction of sp³-hybridized carbons (Fsp3) is 0.538. The Morgan fingerprint density at radius 1 is 1.50 bits per heavy atom. The Kier molecular flexibility index (Phi) is 3.78. The summed E-state index contributed by atoms with van der Waals surface area (Å²) in [5.41, 5.74) is 0.351. The van der Waals surface area contributed by atoms with Crippen LogP contribution in [0.5, 0.6) is 0 Å². The lowest BCUT2D eigenvalue weighted by Crippen LogP contribution is -2.55. The van der Waals surface area contributed by atoms with Gasteiger partial charge in [0.2, 0.25) is 5.91 Å². The minimum atomic E-state index is -2.76. The number of nitrogens with zero attached hydrogens (tertiary/aromatic N) is 2. The summed E-state index contributed by atoms with van der Waals surface area (Å²) in [4.78, 5) is 26.9. The van der Waals surface area contributed by atoms with Gasteiger partial charge in [-0.3, -0.25) is 9.59 Å². The number of furan rings is 1. The van der Waals surface area contributed by atoms with E-state index in [1.165, 1.54) is 16.7 Å². The van der Waals surface area contributed by atoms with E-state index < -0.39 is 18.1 Å². The molecule has 2 amide bonds. The summed E-state index contributed by atoms with van der Waals surface area (Å²) < 4.78 is 30.1. The van der Waals surface area contributed by atoms with Gasteiger partial charge in [0.05, 0.1) is 0 Å². The summed E-state index contributed by atoms with van der Waals surface area (Å²) in [7, 11) is 1.66. The van der Waals surface area contributed by atoms with Crippen LogP contribution in [-0.2, 0) is 4.79 Å². The number of amides is 2. The Morgan fingerprint density at radius 2 is 2.15 bits per heavy atom. The third-order valence-electron chi connectivity index (χ3n) is 3.41.